The molecule has 0 radical (unpaired) electrons. The van der Waals surface area contributed by atoms with E-state index in [1.54, 1.807) is 12.1 Å². The second kappa shape index (κ2) is 5.16. The quantitative estimate of drug-likeness (QED) is 0.747. The van der Waals surface area contributed by atoms with Crippen LogP contribution >= 0.6 is 11.6 Å². The Balaban J connectivity index is 1.92. The van der Waals surface area contributed by atoms with Crippen molar-refractivity contribution in [3.8, 4) is 6.07 Å². The smallest absolute Gasteiger partial charge is 0.234 e. The summed E-state index contributed by atoms with van der Waals surface area (Å²) in [5.41, 5.74) is 0.676. The van der Waals surface area contributed by atoms with E-state index in [2.05, 4.69) is 0 Å². The van der Waals surface area contributed by atoms with Crippen molar-refractivity contribution in [2.75, 3.05) is 4.90 Å². The van der Waals surface area contributed by atoms with Crippen molar-refractivity contribution in [3.05, 3.63) is 28.8 Å². The number of benzene rings is 1. The number of halogens is 1. The summed E-state index contributed by atoms with van der Waals surface area (Å²) in [6.45, 7) is 0. The molecule has 1 spiro atoms. The van der Waals surface area contributed by atoms with Crippen LogP contribution in [0.3, 0.4) is 0 Å². The first-order valence-electron chi connectivity index (χ1n) is 7.10. The van der Waals surface area contributed by atoms with Gasteiger partial charge < -0.3 is 0 Å². The summed E-state index contributed by atoms with van der Waals surface area (Å²) < 4.78 is 0. The number of imide groups is 1. The van der Waals surface area contributed by atoms with E-state index in [0.717, 1.165) is 25.7 Å². The standard InChI is InChI=1S/C16H15ClN2O2/c17-12-7-11(10-18)3-4-13(12)19-14(20)8-16(9-15(19)21)5-1-2-6-16/h3-4,7H,1-2,5-6,8-9H2. The Bertz CT molecular complexity index is 637. The third-order valence-corrected chi connectivity index (χ3v) is 4.84. The van der Waals surface area contributed by atoms with E-state index in [-0.39, 0.29) is 22.3 Å². The molecule has 0 atom stereocenters. The van der Waals surface area contributed by atoms with E-state index < -0.39 is 0 Å². The van der Waals surface area contributed by atoms with Crippen LogP contribution < -0.4 is 4.90 Å². The lowest BCUT2D eigenvalue weighted by molar-refractivity contribution is -0.133. The van der Waals surface area contributed by atoms with Gasteiger partial charge in [-0.15, -0.1) is 0 Å². The maximum atomic E-state index is 12.5. The first-order chi connectivity index (χ1) is 10.0. The number of piperidine rings is 1. The molecule has 1 aliphatic carbocycles. The Morgan fingerprint density at radius 3 is 2.29 bits per heavy atom. The van der Waals surface area contributed by atoms with E-state index in [1.165, 1.54) is 11.0 Å². The lowest BCUT2D eigenvalue weighted by atomic mass is 9.76. The maximum Gasteiger partial charge on any atom is 0.234 e. The molecule has 1 heterocycles. The average molecular weight is 303 g/mol. The lowest BCUT2D eigenvalue weighted by Crippen LogP contribution is -2.47. The van der Waals surface area contributed by atoms with Crippen molar-refractivity contribution < 1.29 is 9.59 Å². The molecule has 108 valence electrons. The summed E-state index contributed by atoms with van der Waals surface area (Å²) in [5, 5.41) is 9.11. The molecule has 0 unspecified atom stereocenters. The van der Waals surface area contributed by atoms with E-state index in [4.69, 9.17) is 16.9 Å². The third-order valence-electron chi connectivity index (χ3n) is 4.53. The lowest BCUT2D eigenvalue weighted by Gasteiger charge is -2.37. The van der Waals surface area contributed by atoms with Crippen LogP contribution in [0, 0.1) is 16.7 Å². The fourth-order valence-corrected chi connectivity index (χ4v) is 3.77. The highest BCUT2D eigenvalue weighted by molar-refractivity contribution is 6.35. The Morgan fingerprint density at radius 1 is 1.14 bits per heavy atom. The van der Waals surface area contributed by atoms with Gasteiger partial charge in [-0.3, -0.25) is 9.59 Å². The molecule has 0 aromatic heterocycles. The van der Waals surface area contributed by atoms with E-state index in [1.807, 2.05) is 6.07 Å². The SMILES string of the molecule is N#Cc1ccc(N2C(=O)CC3(CCCC3)CC2=O)c(Cl)c1. The largest absolute Gasteiger partial charge is 0.274 e. The monoisotopic (exact) mass is 302 g/mol. The van der Waals surface area contributed by atoms with Crippen LogP contribution in [0.15, 0.2) is 18.2 Å². The molecule has 2 fully saturated rings. The molecule has 1 aromatic rings. The van der Waals surface area contributed by atoms with Crippen molar-refractivity contribution in [1.29, 1.82) is 5.26 Å². The first kappa shape index (κ1) is 14.1. The zero-order chi connectivity index (χ0) is 15.0. The van der Waals surface area contributed by atoms with Crippen LogP contribution in [0.2, 0.25) is 5.02 Å². The molecule has 4 nitrogen and oxygen atoms in total. The second-order valence-electron chi connectivity index (χ2n) is 5.96. The summed E-state index contributed by atoms with van der Waals surface area (Å²) in [5.74, 6) is -0.362. The van der Waals surface area contributed by atoms with E-state index in [9.17, 15) is 9.59 Å². The van der Waals surface area contributed by atoms with Gasteiger partial charge in [-0.25, -0.2) is 4.90 Å². The van der Waals surface area contributed by atoms with Crippen molar-refractivity contribution in [2.24, 2.45) is 5.41 Å². The summed E-state index contributed by atoms with van der Waals surface area (Å²) in [4.78, 5) is 26.1. The molecule has 21 heavy (non-hydrogen) atoms. The number of amides is 2. The van der Waals surface area contributed by atoms with Crippen LogP contribution in [0.5, 0.6) is 0 Å². The maximum absolute atomic E-state index is 12.5. The van der Waals surface area contributed by atoms with Gasteiger partial charge in [-0.2, -0.15) is 5.26 Å². The zero-order valence-corrected chi connectivity index (χ0v) is 12.3. The van der Waals surface area contributed by atoms with Gasteiger partial charge >= 0.3 is 0 Å². The van der Waals surface area contributed by atoms with Gasteiger partial charge in [0.1, 0.15) is 0 Å². The normalized spacial score (nSPS) is 20.9. The van der Waals surface area contributed by atoms with E-state index >= 15 is 0 Å². The average Bonchev–Trinajstić information content (AvgIpc) is 2.87. The molecule has 2 aliphatic rings. The van der Waals surface area contributed by atoms with E-state index in [0.29, 0.717) is 24.1 Å². The van der Waals surface area contributed by atoms with Crippen LogP contribution in [0.4, 0.5) is 5.69 Å². The Kier molecular flexibility index (Phi) is 3.46. The van der Waals surface area contributed by atoms with Crippen molar-refractivity contribution >= 4 is 29.1 Å². The molecule has 0 bridgehead atoms. The van der Waals surface area contributed by atoms with Gasteiger partial charge in [-0.05, 0) is 36.5 Å². The molecular formula is C16H15ClN2O2. The predicted molar refractivity (Wildman–Crippen MR) is 78.8 cm³/mol. The number of hydrogen-bond donors (Lipinski definition) is 0. The summed E-state index contributed by atoms with van der Waals surface area (Å²) in [6.07, 6.45) is 4.93. The zero-order valence-electron chi connectivity index (χ0n) is 11.6. The fraction of sp³-hybridized carbons (Fsp3) is 0.438. The number of rotatable bonds is 1. The molecule has 1 saturated heterocycles. The number of carbonyl (C=O) groups excluding carboxylic acids is 2. The van der Waals surface area contributed by atoms with Gasteiger partial charge in [0.05, 0.1) is 22.3 Å². The predicted octanol–water partition coefficient (Wildman–Crippen LogP) is 3.43. The highest BCUT2D eigenvalue weighted by Crippen LogP contribution is 2.48. The summed E-state index contributed by atoms with van der Waals surface area (Å²) in [7, 11) is 0. The molecule has 0 N–H and O–H groups in total. The second-order valence-corrected chi connectivity index (χ2v) is 6.37. The molecule has 3 rings (SSSR count). The van der Waals surface area contributed by atoms with Gasteiger partial charge in [0, 0.05) is 12.8 Å². The fourth-order valence-electron chi connectivity index (χ4n) is 3.51. The summed E-state index contributed by atoms with van der Waals surface area (Å²) in [6, 6.07) is 6.61. The molecule has 1 aliphatic heterocycles. The van der Waals surface area contributed by atoms with Gasteiger partial charge in [0.15, 0.2) is 0 Å². The highest BCUT2D eigenvalue weighted by Gasteiger charge is 2.45. The topological polar surface area (TPSA) is 61.2 Å². The third kappa shape index (κ3) is 2.43. The van der Waals surface area contributed by atoms with Crippen LogP contribution in [-0.4, -0.2) is 11.8 Å². The number of hydrogen-bond acceptors (Lipinski definition) is 3. The first-order valence-corrected chi connectivity index (χ1v) is 7.48. The minimum Gasteiger partial charge on any atom is -0.274 e. The van der Waals surface area contributed by atoms with Gasteiger partial charge in [-0.1, -0.05) is 24.4 Å². The van der Waals surface area contributed by atoms with Gasteiger partial charge in [0.2, 0.25) is 11.8 Å². The van der Waals surface area contributed by atoms with Crippen LogP contribution in [0.25, 0.3) is 0 Å². The number of carbonyl (C=O) groups is 2. The van der Waals surface area contributed by atoms with Crippen molar-refractivity contribution in [3.63, 3.8) is 0 Å². The Morgan fingerprint density at radius 2 is 1.76 bits per heavy atom. The number of nitrogens with zero attached hydrogens (tertiary/aromatic N) is 2. The molecule has 5 heteroatoms. The Labute approximate surface area is 128 Å². The minimum absolute atomic E-state index is 0.121. The molecular weight excluding hydrogens is 288 g/mol. The highest BCUT2D eigenvalue weighted by atomic mass is 35.5. The number of nitriles is 1. The number of anilines is 1. The molecule has 1 aromatic carbocycles. The minimum atomic E-state index is -0.181. The van der Waals surface area contributed by atoms with Crippen molar-refractivity contribution in [2.45, 2.75) is 38.5 Å². The van der Waals surface area contributed by atoms with Crippen LogP contribution in [-0.2, 0) is 9.59 Å². The van der Waals surface area contributed by atoms with Crippen LogP contribution in [0.1, 0.15) is 44.1 Å². The molecule has 1 saturated carbocycles. The Hall–Kier alpha value is -1.86. The molecule has 2 amide bonds. The van der Waals surface area contributed by atoms with Crippen molar-refractivity contribution in [1.82, 2.24) is 0 Å². The van der Waals surface area contributed by atoms with Gasteiger partial charge in [0.25, 0.3) is 0 Å². The summed E-state index contributed by atoms with van der Waals surface area (Å²) >= 11 is 6.13.